The smallest absolute Gasteiger partial charge is 0.139 e. The average Bonchev–Trinajstić information content (AvgIpc) is 2.52. The van der Waals surface area contributed by atoms with Gasteiger partial charge in [0.15, 0.2) is 0 Å². The molecular formula is C9H12O2. The molecule has 1 atom stereocenters. The van der Waals surface area contributed by atoms with Crippen molar-refractivity contribution in [3.05, 3.63) is 0 Å². The minimum absolute atomic E-state index is 0.128. The van der Waals surface area contributed by atoms with Crippen molar-refractivity contribution in [2.75, 3.05) is 13.2 Å². The van der Waals surface area contributed by atoms with Crippen molar-refractivity contribution in [3.63, 3.8) is 0 Å². The molecule has 60 valence electrons. The molecule has 2 heteroatoms. The summed E-state index contributed by atoms with van der Waals surface area (Å²) < 4.78 is 5.09. The summed E-state index contributed by atoms with van der Waals surface area (Å²) in [4.78, 5) is 11.2. The molecule has 0 aliphatic carbocycles. The van der Waals surface area contributed by atoms with Gasteiger partial charge in [-0.25, -0.2) is 0 Å². The van der Waals surface area contributed by atoms with E-state index in [9.17, 15) is 4.79 Å². The van der Waals surface area contributed by atoms with Crippen LogP contribution in [0.3, 0.4) is 0 Å². The second kappa shape index (κ2) is 4.15. The van der Waals surface area contributed by atoms with E-state index >= 15 is 0 Å². The third-order valence-electron chi connectivity index (χ3n) is 1.90. The molecule has 1 unspecified atom stereocenters. The van der Waals surface area contributed by atoms with E-state index < -0.39 is 0 Å². The van der Waals surface area contributed by atoms with Crippen LogP contribution in [0.15, 0.2) is 0 Å². The summed E-state index contributed by atoms with van der Waals surface area (Å²) >= 11 is 0. The fraction of sp³-hybridized carbons (Fsp3) is 0.667. The van der Waals surface area contributed by atoms with Crippen molar-refractivity contribution in [1.29, 1.82) is 0 Å². The fourth-order valence-corrected chi connectivity index (χ4v) is 1.19. The Bertz CT molecular complexity index is 172. The van der Waals surface area contributed by atoms with Crippen molar-refractivity contribution in [3.8, 4) is 12.3 Å². The van der Waals surface area contributed by atoms with Gasteiger partial charge in [-0.05, 0) is 6.42 Å². The molecule has 0 saturated carbocycles. The first-order valence-electron chi connectivity index (χ1n) is 3.88. The van der Waals surface area contributed by atoms with Gasteiger partial charge < -0.3 is 4.74 Å². The zero-order valence-electron chi connectivity index (χ0n) is 6.51. The van der Waals surface area contributed by atoms with Crippen molar-refractivity contribution in [1.82, 2.24) is 0 Å². The highest BCUT2D eigenvalue weighted by atomic mass is 16.5. The normalized spacial score (nSPS) is 23.0. The number of terminal acetylenes is 1. The first-order valence-corrected chi connectivity index (χ1v) is 3.88. The Hall–Kier alpha value is -0.810. The number of hydrogen-bond acceptors (Lipinski definition) is 2. The highest BCUT2D eigenvalue weighted by molar-refractivity contribution is 5.81. The summed E-state index contributed by atoms with van der Waals surface area (Å²) in [5, 5.41) is 0. The molecule has 0 aromatic carbocycles. The van der Waals surface area contributed by atoms with E-state index in [1.807, 2.05) is 0 Å². The lowest BCUT2D eigenvalue weighted by Gasteiger charge is -2.02. The SMILES string of the molecule is C#CCCC(=O)C1CCOC1. The highest BCUT2D eigenvalue weighted by Crippen LogP contribution is 2.15. The van der Waals surface area contributed by atoms with Gasteiger partial charge in [-0.1, -0.05) is 0 Å². The minimum Gasteiger partial charge on any atom is -0.381 e. The standard InChI is InChI=1S/C9H12O2/c1-2-3-4-9(10)8-5-6-11-7-8/h1,8H,3-7H2. The zero-order valence-corrected chi connectivity index (χ0v) is 6.51. The number of rotatable bonds is 3. The summed E-state index contributed by atoms with van der Waals surface area (Å²) in [7, 11) is 0. The van der Waals surface area contributed by atoms with Crippen molar-refractivity contribution in [2.24, 2.45) is 5.92 Å². The summed E-state index contributed by atoms with van der Waals surface area (Å²) in [5.41, 5.74) is 0. The molecule has 1 saturated heterocycles. The van der Waals surface area contributed by atoms with Crippen LogP contribution in [0.1, 0.15) is 19.3 Å². The van der Waals surface area contributed by atoms with E-state index in [2.05, 4.69) is 5.92 Å². The summed E-state index contributed by atoms with van der Waals surface area (Å²) in [5.74, 6) is 2.85. The van der Waals surface area contributed by atoms with Gasteiger partial charge in [0.25, 0.3) is 0 Å². The topological polar surface area (TPSA) is 26.3 Å². The molecular weight excluding hydrogens is 140 g/mol. The lowest BCUT2D eigenvalue weighted by molar-refractivity contribution is -0.122. The van der Waals surface area contributed by atoms with E-state index in [4.69, 9.17) is 11.2 Å². The maximum Gasteiger partial charge on any atom is 0.139 e. The lowest BCUT2D eigenvalue weighted by Crippen LogP contribution is -2.13. The summed E-state index contributed by atoms with van der Waals surface area (Å²) in [6, 6.07) is 0. The van der Waals surface area contributed by atoms with E-state index in [1.165, 1.54) is 0 Å². The van der Waals surface area contributed by atoms with Crippen LogP contribution in [-0.2, 0) is 9.53 Å². The van der Waals surface area contributed by atoms with Gasteiger partial charge in [0.2, 0.25) is 0 Å². The molecule has 1 aliphatic heterocycles. The Morgan fingerprint density at radius 2 is 2.55 bits per heavy atom. The van der Waals surface area contributed by atoms with Crippen LogP contribution >= 0.6 is 0 Å². The Kier molecular flexibility index (Phi) is 3.13. The van der Waals surface area contributed by atoms with Crippen LogP contribution in [0.4, 0.5) is 0 Å². The Balaban J connectivity index is 2.24. The van der Waals surface area contributed by atoms with Crippen LogP contribution < -0.4 is 0 Å². The first kappa shape index (κ1) is 8.29. The number of ether oxygens (including phenoxy) is 1. The summed E-state index contributed by atoms with van der Waals surface area (Å²) in [6.45, 7) is 1.33. The number of carbonyl (C=O) groups is 1. The highest BCUT2D eigenvalue weighted by Gasteiger charge is 2.22. The van der Waals surface area contributed by atoms with Crippen LogP contribution in [0, 0.1) is 18.3 Å². The average molecular weight is 152 g/mol. The van der Waals surface area contributed by atoms with Gasteiger partial charge in [0.1, 0.15) is 5.78 Å². The molecule has 1 aliphatic rings. The Morgan fingerprint density at radius 1 is 1.73 bits per heavy atom. The van der Waals surface area contributed by atoms with Crippen LogP contribution in [0.2, 0.25) is 0 Å². The maximum absolute atomic E-state index is 11.2. The molecule has 11 heavy (non-hydrogen) atoms. The lowest BCUT2D eigenvalue weighted by atomic mass is 10.0. The number of Topliss-reactive ketones (excluding diaryl/α,β-unsaturated/α-hetero) is 1. The van der Waals surface area contributed by atoms with Gasteiger partial charge in [0, 0.05) is 25.4 Å². The molecule has 0 spiro atoms. The number of carbonyl (C=O) groups excluding carboxylic acids is 1. The molecule has 1 heterocycles. The fourth-order valence-electron chi connectivity index (χ4n) is 1.19. The molecule has 0 aromatic heterocycles. The second-order valence-electron chi connectivity index (χ2n) is 2.73. The van der Waals surface area contributed by atoms with Gasteiger partial charge in [-0.2, -0.15) is 0 Å². The summed E-state index contributed by atoms with van der Waals surface area (Å²) in [6.07, 6.45) is 7.00. The predicted molar refractivity (Wildman–Crippen MR) is 42.0 cm³/mol. The molecule has 1 fully saturated rings. The van der Waals surface area contributed by atoms with Crippen molar-refractivity contribution in [2.45, 2.75) is 19.3 Å². The maximum atomic E-state index is 11.2. The number of ketones is 1. The van der Waals surface area contributed by atoms with Crippen molar-refractivity contribution >= 4 is 5.78 Å². The monoisotopic (exact) mass is 152 g/mol. The minimum atomic E-state index is 0.128. The van der Waals surface area contributed by atoms with Crippen LogP contribution in [0.5, 0.6) is 0 Å². The van der Waals surface area contributed by atoms with Gasteiger partial charge in [-0.15, -0.1) is 12.3 Å². The molecule has 0 N–H and O–H groups in total. The quantitative estimate of drug-likeness (QED) is 0.564. The zero-order chi connectivity index (χ0) is 8.10. The van der Waals surface area contributed by atoms with E-state index in [1.54, 1.807) is 0 Å². The number of hydrogen-bond donors (Lipinski definition) is 0. The largest absolute Gasteiger partial charge is 0.381 e. The van der Waals surface area contributed by atoms with E-state index in [0.717, 1.165) is 13.0 Å². The molecule has 0 radical (unpaired) electrons. The first-order chi connectivity index (χ1) is 5.34. The van der Waals surface area contributed by atoms with Gasteiger partial charge >= 0.3 is 0 Å². The molecule has 0 aromatic rings. The van der Waals surface area contributed by atoms with E-state index in [-0.39, 0.29) is 11.7 Å². The molecule has 1 rings (SSSR count). The molecule has 0 bridgehead atoms. The Labute approximate surface area is 66.9 Å². The van der Waals surface area contributed by atoms with Gasteiger partial charge in [0.05, 0.1) is 6.61 Å². The third-order valence-corrected chi connectivity index (χ3v) is 1.90. The Morgan fingerprint density at radius 3 is 3.09 bits per heavy atom. The second-order valence-corrected chi connectivity index (χ2v) is 2.73. The van der Waals surface area contributed by atoms with E-state index in [0.29, 0.717) is 19.4 Å². The molecule has 2 nitrogen and oxygen atoms in total. The van der Waals surface area contributed by atoms with Crippen molar-refractivity contribution < 1.29 is 9.53 Å². The molecule has 0 amide bonds. The predicted octanol–water partition coefficient (Wildman–Crippen LogP) is 1.01. The van der Waals surface area contributed by atoms with Crippen LogP contribution in [-0.4, -0.2) is 19.0 Å². The third kappa shape index (κ3) is 2.36. The van der Waals surface area contributed by atoms with Gasteiger partial charge in [-0.3, -0.25) is 4.79 Å². The van der Waals surface area contributed by atoms with Crippen LogP contribution in [0.25, 0.3) is 0 Å².